The maximum atomic E-state index is 11.9. The minimum Gasteiger partial charge on any atom is -0.315 e. The van der Waals surface area contributed by atoms with Crippen LogP contribution < -0.4 is 5.32 Å². The fourth-order valence-electron chi connectivity index (χ4n) is 2.38. The smallest absolute Gasteiger partial charge is 0.315 e. The van der Waals surface area contributed by atoms with Gasteiger partial charge in [0.2, 0.25) is 5.91 Å². The molecule has 0 aliphatic heterocycles. The van der Waals surface area contributed by atoms with Crippen LogP contribution in [0.15, 0.2) is 34.9 Å². The molecule has 5 heteroatoms. The lowest BCUT2D eigenvalue weighted by atomic mass is 9.71. The summed E-state index contributed by atoms with van der Waals surface area (Å²) < 4.78 is 4.87. The molecule has 5 nitrogen and oxygen atoms in total. The van der Waals surface area contributed by atoms with E-state index < -0.39 is 0 Å². The summed E-state index contributed by atoms with van der Waals surface area (Å²) in [5, 5.41) is 6.29. The van der Waals surface area contributed by atoms with Crippen molar-refractivity contribution < 1.29 is 9.32 Å². The number of carbonyl (C=O) groups is 1. The second-order valence-corrected chi connectivity index (χ2v) is 4.91. The van der Waals surface area contributed by atoms with E-state index in [4.69, 9.17) is 4.52 Å². The summed E-state index contributed by atoms with van der Waals surface area (Å²) in [6.45, 7) is 1.72. The highest BCUT2D eigenvalue weighted by Gasteiger charge is 2.35. The van der Waals surface area contributed by atoms with Crippen molar-refractivity contribution in [1.29, 1.82) is 0 Å². The van der Waals surface area contributed by atoms with Gasteiger partial charge in [-0.15, -0.1) is 0 Å². The molecule has 1 aliphatic rings. The van der Waals surface area contributed by atoms with Gasteiger partial charge in [-0.2, -0.15) is 4.98 Å². The van der Waals surface area contributed by atoms with Gasteiger partial charge < -0.3 is 4.52 Å². The second kappa shape index (κ2) is 4.84. The number of amides is 1. The maximum Gasteiger partial charge on any atom is 0.328 e. The van der Waals surface area contributed by atoms with E-state index in [0.29, 0.717) is 11.7 Å². The third-order valence-corrected chi connectivity index (χ3v) is 3.54. The van der Waals surface area contributed by atoms with Crippen LogP contribution in [0, 0.1) is 12.8 Å². The average molecular weight is 257 g/mol. The van der Waals surface area contributed by atoms with Crippen molar-refractivity contribution >= 4 is 11.9 Å². The first-order chi connectivity index (χ1) is 9.22. The molecule has 0 saturated heterocycles. The molecular weight excluding hydrogens is 242 g/mol. The van der Waals surface area contributed by atoms with E-state index in [1.165, 1.54) is 5.56 Å². The molecule has 1 aromatic heterocycles. The van der Waals surface area contributed by atoms with Crippen molar-refractivity contribution in [3.63, 3.8) is 0 Å². The standard InChI is InChI=1S/C14H15N3O2/c1-9-15-14(19-17-9)16-13(18)12-7-11(8-12)10-5-3-2-4-6-10/h2-6,11-12H,7-8H2,1H3,(H,15,16,17,18). The van der Waals surface area contributed by atoms with E-state index in [2.05, 4.69) is 27.6 Å². The van der Waals surface area contributed by atoms with Gasteiger partial charge in [-0.05, 0) is 31.2 Å². The molecule has 0 atom stereocenters. The van der Waals surface area contributed by atoms with Crippen LogP contribution in [-0.2, 0) is 4.79 Å². The molecule has 0 spiro atoms. The van der Waals surface area contributed by atoms with Crippen LogP contribution >= 0.6 is 0 Å². The predicted octanol–water partition coefficient (Wildman–Crippen LogP) is 2.51. The lowest BCUT2D eigenvalue weighted by Crippen LogP contribution is -2.33. The molecule has 1 amide bonds. The predicted molar refractivity (Wildman–Crippen MR) is 69.6 cm³/mol. The molecule has 98 valence electrons. The Morgan fingerprint density at radius 2 is 2.05 bits per heavy atom. The third-order valence-electron chi connectivity index (χ3n) is 3.54. The summed E-state index contributed by atoms with van der Waals surface area (Å²) >= 11 is 0. The summed E-state index contributed by atoms with van der Waals surface area (Å²) in [6, 6.07) is 10.5. The summed E-state index contributed by atoms with van der Waals surface area (Å²) in [4.78, 5) is 15.9. The number of nitrogens with one attached hydrogen (secondary N) is 1. The molecular formula is C14H15N3O2. The Labute approximate surface area is 111 Å². The van der Waals surface area contributed by atoms with Crippen LogP contribution in [0.25, 0.3) is 0 Å². The highest BCUT2D eigenvalue weighted by molar-refractivity contribution is 5.91. The molecule has 1 saturated carbocycles. The van der Waals surface area contributed by atoms with Crippen molar-refractivity contribution in [2.24, 2.45) is 5.92 Å². The van der Waals surface area contributed by atoms with Gasteiger partial charge in [-0.1, -0.05) is 35.5 Å². The average Bonchev–Trinajstić information content (AvgIpc) is 2.74. The van der Waals surface area contributed by atoms with Gasteiger partial charge in [0, 0.05) is 5.92 Å². The molecule has 1 aliphatic carbocycles. The molecule has 1 fully saturated rings. The summed E-state index contributed by atoms with van der Waals surface area (Å²) in [6.07, 6.45) is 1.76. The lowest BCUT2D eigenvalue weighted by molar-refractivity contribution is -0.122. The zero-order valence-electron chi connectivity index (χ0n) is 10.7. The van der Waals surface area contributed by atoms with E-state index in [1.54, 1.807) is 6.92 Å². The van der Waals surface area contributed by atoms with Gasteiger partial charge in [-0.3, -0.25) is 10.1 Å². The highest BCUT2D eigenvalue weighted by Crippen LogP contribution is 2.41. The molecule has 19 heavy (non-hydrogen) atoms. The van der Waals surface area contributed by atoms with Crippen LogP contribution in [0.4, 0.5) is 6.01 Å². The summed E-state index contributed by atoms with van der Waals surface area (Å²) in [7, 11) is 0. The first kappa shape index (κ1) is 11.9. The normalized spacial score (nSPS) is 21.7. The maximum absolute atomic E-state index is 11.9. The highest BCUT2D eigenvalue weighted by atomic mass is 16.5. The van der Waals surface area contributed by atoms with Gasteiger partial charge in [0.05, 0.1) is 0 Å². The van der Waals surface area contributed by atoms with Crippen LogP contribution in [0.5, 0.6) is 0 Å². The Bertz CT molecular complexity index is 573. The topological polar surface area (TPSA) is 68.0 Å². The summed E-state index contributed by atoms with van der Waals surface area (Å²) in [5.41, 5.74) is 1.31. The van der Waals surface area contributed by atoms with Gasteiger partial charge in [0.25, 0.3) is 0 Å². The van der Waals surface area contributed by atoms with E-state index in [-0.39, 0.29) is 17.8 Å². The zero-order chi connectivity index (χ0) is 13.2. The van der Waals surface area contributed by atoms with Gasteiger partial charge >= 0.3 is 6.01 Å². The first-order valence-corrected chi connectivity index (χ1v) is 6.38. The molecule has 0 bridgehead atoms. The minimum absolute atomic E-state index is 0.0316. The fourth-order valence-corrected chi connectivity index (χ4v) is 2.38. The SMILES string of the molecule is Cc1noc(NC(=O)C2CC(c3ccccc3)C2)n1. The molecule has 0 unspecified atom stereocenters. The molecule has 1 N–H and O–H groups in total. The van der Waals surface area contributed by atoms with Crippen LogP contribution in [0.2, 0.25) is 0 Å². The van der Waals surface area contributed by atoms with Gasteiger partial charge in [0.1, 0.15) is 0 Å². The number of hydrogen-bond donors (Lipinski definition) is 1. The zero-order valence-corrected chi connectivity index (χ0v) is 10.7. The fraction of sp³-hybridized carbons (Fsp3) is 0.357. The molecule has 3 rings (SSSR count). The van der Waals surface area contributed by atoms with E-state index in [1.807, 2.05) is 18.2 Å². The van der Waals surface area contributed by atoms with Crippen LogP contribution in [-0.4, -0.2) is 16.0 Å². The first-order valence-electron chi connectivity index (χ1n) is 6.38. The van der Waals surface area contributed by atoms with Gasteiger partial charge in [-0.25, -0.2) is 0 Å². The Morgan fingerprint density at radius 1 is 1.32 bits per heavy atom. The molecule has 0 radical (unpaired) electrons. The monoisotopic (exact) mass is 257 g/mol. The Morgan fingerprint density at radius 3 is 2.68 bits per heavy atom. The number of aryl methyl sites for hydroxylation is 1. The number of nitrogens with zero attached hydrogens (tertiary/aromatic N) is 2. The van der Waals surface area contributed by atoms with Gasteiger partial charge in [0.15, 0.2) is 5.82 Å². The van der Waals surface area contributed by atoms with Crippen LogP contribution in [0.1, 0.15) is 30.1 Å². The number of rotatable bonds is 3. The molecule has 1 aromatic carbocycles. The number of hydrogen-bond acceptors (Lipinski definition) is 4. The van der Waals surface area contributed by atoms with Crippen molar-refractivity contribution in [2.75, 3.05) is 5.32 Å². The quantitative estimate of drug-likeness (QED) is 0.917. The summed E-state index contributed by atoms with van der Waals surface area (Å²) in [5.74, 6) is 1.01. The third kappa shape index (κ3) is 2.50. The number of anilines is 1. The van der Waals surface area contributed by atoms with E-state index >= 15 is 0 Å². The molecule has 2 aromatic rings. The molecule has 1 heterocycles. The van der Waals surface area contributed by atoms with E-state index in [9.17, 15) is 4.79 Å². The Hall–Kier alpha value is -2.17. The van der Waals surface area contributed by atoms with Crippen molar-refractivity contribution in [3.05, 3.63) is 41.7 Å². The largest absolute Gasteiger partial charge is 0.328 e. The van der Waals surface area contributed by atoms with E-state index in [0.717, 1.165) is 12.8 Å². The number of carbonyl (C=O) groups excluding carboxylic acids is 1. The lowest BCUT2D eigenvalue weighted by Gasteiger charge is -2.34. The Kier molecular flexibility index (Phi) is 3.03. The van der Waals surface area contributed by atoms with Crippen molar-refractivity contribution in [1.82, 2.24) is 10.1 Å². The van der Waals surface area contributed by atoms with Crippen molar-refractivity contribution in [3.8, 4) is 0 Å². The minimum atomic E-state index is -0.0316. The second-order valence-electron chi connectivity index (χ2n) is 4.91. The number of aromatic nitrogens is 2. The Balaban J connectivity index is 1.54. The van der Waals surface area contributed by atoms with Crippen LogP contribution in [0.3, 0.4) is 0 Å². The van der Waals surface area contributed by atoms with Crippen molar-refractivity contribution in [2.45, 2.75) is 25.7 Å². The number of benzene rings is 1.